The fraction of sp³-hybridized carbons (Fsp3) is 0.111. The molecule has 2 heterocycles. The van der Waals surface area contributed by atoms with Gasteiger partial charge in [-0.2, -0.15) is 0 Å². The molecule has 0 aliphatic rings. The molecule has 13 heavy (non-hydrogen) atoms. The Labute approximate surface area is 88.5 Å². The normalized spacial score (nSPS) is 13.1. The zero-order valence-corrected chi connectivity index (χ0v) is 9.14. The Morgan fingerprint density at radius 3 is 2.77 bits per heavy atom. The minimum atomic E-state index is -0.147. The van der Waals surface area contributed by atoms with Gasteiger partial charge < -0.3 is 10.2 Å². The van der Waals surface area contributed by atoms with E-state index in [1.54, 1.807) is 11.3 Å². The maximum Gasteiger partial charge on any atom is 0.169 e. The SMILES string of the molecule is N[C@@H](c1ccc(Br)o1)c1cccs1. The Kier molecular flexibility index (Phi) is 2.53. The van der Waals surface area contributed by atoms with E-state index < -0.39 is 0 Å². The molecule has 1 atom stereocenters. The van der Waals surface area contributed by atoms with Crippen molar-refractivity contribution in [2.45, 2.75) is 6.04 Å². The van der Waals surface area contributed by atoms with Crippen LogP contribution in [0.3, 0.4) is 0 Å². The number of nitrogens with two attached hydrogens (primary N) is 1. The van der Waals surface area contributed by atoms with Gasteiger partial charge in [0.05, 0.1) is 6.04 Å². The molecule has 0 spiro atoms. The van der Waals surface area contributed by atoms with Crippen LogP contribution < -0.4 is 5.73 Å². The van der Waals surface area contributed by atoms with Gasteiger partial charge in [0.2, 0.25) is 0 Å². The molecule has 2 aromatic rings. The van der Waals surface area contributed by atoms with Gasteiger partial charge in [0.15, 0.2) is 4.67 Å². The van der Waals surface area contributed by atoms with Crippen LogP contribution in [0, 0.1) is 0 Å². The minimum absolute atomic E-state index is 0.147. The van der Waals surface area contributed by atoms with Crippen molar-refractivity contribution in [3.8, 4) is 0 Å². The summed E-state index contributed by atoms with van der Waals surface area (Å²) in [5, 5.41) is 2.01. The molecule has 0 fully saturated rings. The Hall–Kier alpha value is -0.580. The van der Waals surface area contributed by atoms with E-state index in [1.807, 2.05) is 29.6 Å². The summed E-state index contributed by atoms with van der Waals surface area (Å²) in [7, 11) is 0. The molecule has 4 heteroatoms. The fourth-order valence-corrected chi connectivity index (χ4v) is 2.16. The lowest BCUT2D eigenvalue weighted by atomic mass is 10.2. The second kappa shape index (κ2) is 3.65. The van der Waals surface area contributed by atoms with E-state index in [9.17, 15) is 0 Å². The van der Waals surface area contributed by atoms with Crippen molar-refractivity contribution >= 4 is 27.3 Å². The molecule has 0 saturated carbocycles. The summed E-state index contributed by atoms with van der Waals surface area (Å²) in [4.78, 5) is 1.11. The predicted molar refractivity (Wildman–Crippen MR) is 56.8 cm³/mol. The second-order valence-corrected chi connectivity index (χ2v) is 4.40. The number of hydrogen-bond acceptors (Lipinski definition) is 3. The number of thiophene rings is 1. The van der Waals surface area contributed by atoms with Crippen LogP contribution in [0.1, 0.15) is 16.7 Å². The number of furan rings is 1. The quantitative estimate of drug-likeness (QED) is 0.898. The summed E-state index contributed by atoms with van der Waals surface area (Å²) in [5.74, 6) is 0.786. The molecule has 2 aromatic heterocycles. The monoisotopic (exact) mass is 257 g/mol. The first-order valence-electron chi connectivity index (χ1n) is 3.81. The van der Waals surface area contributed by atoms with Gasteiger partial charge in [-0.05, 0) is 39.5 Å². The van der Waals surface area contributed by atoms with Crippen molar-refractivity contribution in [3.63, 3.8) is 0 Å². The van der Waals surface area contributed by atoms with E-state index in [1.165, 1.54) is 0 Å². The molecule has 68 valence electrons. The Bertz CT molecular complexity index is 382. The third-order valence-corrected chi connectivity index (χ3v) is 3.13. The largest absolute Gasteiger partial charge is 0.452 e. The molecular formula is C9H8BrNOS. The third kappa shape index (κ3) is 1.85. The van der Waals surface area contributed by atoms with Gasteiger partial charge in [-0.1, -0.05) is 6.07 Å². The molecule has 0 unspecified atom stereocenters. The van der Waals surface area contributed by atoms with Crippen LogP contribution in [0.25, 0.3) is 0 Å². The Balaban J connectivity index is 2.28. The van der Waals surface area contributed by atoms with Crippen LogP contribution in [0.15, 0.2) is 38.7 Å². The molecule has 2 rings (SSSR count). The molecule has 0 saturated heterocycles. The van der Waals surface area contributed by atoms with Crippen molar-refractivity contribution < 1.29 is 4.42 Å². The van der Waals surface area contributed by atoms with Gasteiger partial charge in [-0.15, -0.1) is 11.3 Å². The zero-order chi connectivity index (χ0) is 9.26. The highest BCUT2D eigenvalue weighted by Gasteiger charge is 2.13. The van der Waals surface area contributed by atoms with Gasteiger partial charge in [0.1, 0.15) is 5.76 Å². The minimum Gasteiger partial charge on any atom is -0.452 e. The van der Waals surface area contributed by atoms with Crippen LogP contribution in [0.2, 0.25) is 0 Å². The molecule has 0 bridgehead atoms. The van der Waals surface area contributed by atoms with Gasteiger partial charge in [-0.25, -0.2) is 0 Å². The molecule has 0 amide bonds. The first kappa shape index (κ1) is 8.99. The van der Waals surface area contributed by atoms with Gasteiger partial charge in [-0.3, -0.25) is 0 Å². The van der Waals surface area contributed by atoms with E-state index in [2.05, 4.69) is 15.9 Å². The lowest BCUT2D eigenvalue weighted by molar-refractivity contribution is 0.472. The molecule has 0 radical (unpaired) electrons. The van der Waals surface area contributed by atoms with Crippen molar-refractivity contribution in [1.82, 2.24) is 0 Å². The van der Waals surface area contributed by atoms with Crippen molar-refractivity contribution in [2.75, 3.05) is 0 Å². The van der Waals surface area contributed by atoms with E-state index in [0.29, 0.717) is 0 Å². The Morgan fingerprint density at radius 2 is 2.23 bits per heavy atom. The maximum atomic E-state index is 5.97. The van der Waals surface area contributed by atoms with Crippen molar-refractivity contribution in [1.29, 1.82) is 0 Å². The van der Waals surface area contributed by atoms with Gasteiger partial charge in [0, 0.05) is 4.88 Å². The van der Waals surface area contributed by atoms with Crippen molar-refractivity contribution in [3.05, 3.63) is 45.0 Å². The number of rotatable bonds is 2. The fourth-order valence-electron chi connectivity index (χ4n) is 1.10. The Morgan fingerprint density at radius 1 is 1.38 bits per heavy atom. The predicted octanol–water partition coefficient (Wildman–Crippen LogP) is 3.15. The topological polar surface area (TPSA) is 39.2 Å². The summed E-state index contributed by atoms with van der Waals surface area (Å²) in [5.41, 5.74) is 5.97. The first-order chi connectivity index (χ1) is 6.27. The highest BCUT2D eigenvalue weighted by atomic mass is 79.9. The van der Waals surface area contributed by atoms with Crippen LogP contribution in [-0.2, 0) is 0 Å². The number of hydrogen-bond donors (Lipinski definition) is 1. The van der Waals surface area contributed by atoms with Crippen molar-refractivity contribution in [2.24, 2.45) is 5.73 Å². The lowest BCUT2D eigenvalue weighted by Gasteiger charge is -2.04. The van der Waals surface area contributed by atoms with E-state index >= 15 is 0 Å². The first-order valence-corrected chi connectivity index (χ1v) is 5.49. The van der Waals surface area contributed by atoms with E-state index in [0.717, 1.165) is 15.3 Å². The summed E-state index contributed by atoms with van der Waals surface area (Å²) >= 11 is 4.88. The summed E-state index contributed by atoms with van der Waals surface area (Å²) in [6, 6.07) is 7.58. The average Bonchev–Trinajstić information content (AvgIpc) is 2.72. The van der Waals surface area contributed by atoms with Gasteiger partial charge in [0.25, 0.3) is 0 Å². The van der Waals surface area contributed by atoms with Crippen LogP contribution >= 0.6 is 27.3 Å². The standard InChI is InChI=1S/C9H8BrNOS/c10-8-4-3-6(12-8)9(11)7-2-1-5-13-7/h1-5,9H,11H2/t9-/m0/s1. The molecule has 0 aromatic carbocycles. The van der Waals surface area contributed by atoms with E-state index in [-0.39, 0.29) is 6.04 Å². The average molecular weight is 258 g/mol. The van der Waals surface area contributed by atoms with Crippen LogP contribution in [0.5, 0.6) is 0 Å². The molecule has 0 aliphatic heterocycles. The van der Waals surface area contributed by atoms with Crippen LogP contribution in [-0.4, -0.2) is 0 Å². The lowest BCUT2D eigenvalue weighted by Crippen LogP contribution is -2.08. The molecule has 0 aliphatic carbocycles. The number of halogens is 1. The highest BCUT2D eigenvalue weighted by Crippen LogP contribution is 2.26. The maximum absolute atomic E-state index is 5.97. The van der Waals surface area contributed by atoms with Crippen LogP contribution in [0.4, 0.5) is 0 Å². The highest BCUT2D eigenvalue weighted by molar-refractivity contribution is 9.10. The van der Waals surface area contributed by atoms with Gasteiger partial charge >= 0.3 is 0 Å². The zero-order valence-electron chi connectivity index (χ0n) is 6.74. The summed E-state index contributed by atoms with van der Waals surface area (Å²) < 4.78 is 6.08. The second-order valence-electron chi connectivity index (χ2n) is 2.63. The van der Waals surface area contributed by atoms with E-state index in [4.69, 9.17) is 10.2 Å². The third-order valence-electron chi connectivity index (χ3n) is 1.75. The summed E-state index contributed by atoms with van der Waals surface area (Å²) in [6.07, 6.45) is 0. The molecule has 2 N–H and O–H groups in total. The summed E-state index contributed by atoms with van der Waals surface area (Å²) in [6.45, 7) is 0. The molecular weight excluding hydrogens is 250 g/mol. The smallest absolute Gasteiger partial charge is 0.169 e. The molecule has 2 nitrogen and oxygen atoms in total.